The van der Waals surface area contributed by atoms with Gasteiger partial charge in [0.15, 0.2) is 0 Å². The summed E-state index contributed by atoms with van der Waals surface area (Å²) in [6, 6.07) is 19.1. The molecule has 0 radical (unpaired) electrons. The lowest BCUT2D eigenvalue weighted by atomic mass is 10.0. The molecule has 0 saturated heterocycles. The summed E-state index contributed by atoms with van der Waals surface area (Å²) in [4.78, 5) is 23.7. The van der Waals surface area contributed by atoms with Crippen molar-refractivity contribution in [3.8, 4) is 11.5 Å². The van der Waals surface area contributed by atoms with Crippen molar-refractivity contribution >= 4 is 34.6 Å². The number of aromatic carboxylic acids is 1. The third kappa shape index (κ3) is 9.03. The molecule has 8 heteroatoms. The van der Waals surface area contributed by atoms with Crippen molar-refractivity contribution < 1.29 is 24.2 Å². The third-order valence-electron chi connectivity index (χ3n) is 7.11. The van der Waals surface area contributed by atoms with Crippen LogP contribution in [0.15, 0.2) is 60.7 Å². The zero-order valence-electron chi connectivity index (χ0n) is 28.6. The van der Waals surface area contributed by atoms with E-state index in [0.29, 0.717) is 28.4 Å². The molecule has 46 heavy (non-hydrogen) atoms. The lowest BCUT2D eigenvalue weighted by Crippen LogP contribution is -2.17. The second-order valence-electron chi connectivity index (χ2n) is 12.2. The first kappa shape index (κ1) is 35.5. The van der Waals surface area contributed by atoms with Gasteiger partial charge in [0.25, 0.3) is 5.91 Å². The monoisotopic (exact) mass is 625 g/mol. The Morgan fingerprint density at radius 2 is 0.978 bits per heavy atom. The molecule has 0 atom stereocenters. The number of carboxylic acid groups (broad SMARTS) is 1. The average Bonchev–Trinajstić information content (AvgIpc) is 2.92. The molecule has 0 aliphatic carbocycles. The van der Waals surface area contributed by atoms with Gasteiger partial charge >= 0.3 is 5.97 Å². The summed E-state index contributed by atoms with van der Waals surface area (Å²) >= 11 is 0. The number of carbonyl (C=O) groups excluding carboxylic acids is 1. The number of anilines is 4. The number of carbonyl (C=O) groups is 2. The fourth-order valence-corrected chi connectivity index (χ4v) is 5.47. The van der Waals surface area contributed by atoms with Crippen molar-refractivity contribution in [2.24, 2.45) is 5.73 Å². The van der Waals surface area contributed by atoms with Gasteiger partial charge in [-0.1, -0.05) is 47.5 Å². The Labute approximate surface area is 273 Å². The predicted molar refractivity (Wildman–Crippen MR) is 188 cm³/mol. The van der Waals surface area contributed by atoms with Gasteiger partial charge in [-0.25, -0.2) is 4.79 Å². The smallest absolute Gasteiger partial charge is 0.341 e. The Morgan fingerprint density at radius 1 is 0.630 bits per heavy atom. The number of aryl methyl sites for hydroxylation is 6. The van der Waals surface area contributed by atoms with Crippen LogP contribution in [0.1, 0.15) is 81.8 Å². The molecule has 0 aliphatic heterocycles. The standard InChI is InChI=1S/C19H24N2O2.C19H23NO3/c1-11(2)23-16-8-6-7-15(17(16)19(20)22)21-18-13(4)9-12(3)10-14(18)5;1-11(2)23-16-8-6-7-15(17(16)19(21)22)20-18-13(4)9-12(3)10-14(18)5/h6-11,21H,1-5H3,(H2,20,22);6-11,20H,1-5H3,(H,21,22). The van der Waals surface area contributed by atoms with Crippen LogP contribution >= 0.6 is 0 Å². The van der Waals surface area contributed by atoms with Crippen LogP contribution < -0.4 is 25.8 Å². The van der Waals surface area contributed by atoms with E-state index in [9.17, 15) is 14.7 Å². The lowest BCUT2D eigenvalue weighted by molar-refractivity contribution is 0.0691. The minimum Gasteiger partial charge on any atom is -0.490 e. The highest BCUT2D eigenvalue weighted by molar-refractivity contribution is 6.02. The van der Waals surface area contributed by atoms with Gasteiger partial charge in [0, 0.05) is 11.4 Å². The SMILES string of the molecule is Cc1cc(C)c(Nc2cccc(OC(C)C)c2C(=O)O)c(C)c1.Cc1cc(C)c(Nc2cccc(OC(C)C)c2C(N)=O)c(C)c1. The molecule has 1 amide bonds. The molecule has 4 aromatic carbocycles. The molecule has 5 N–H and O–H groups in total. The number of nitrogens with one attached hydrogen (secondary N) is 2. The molecule has 0 aliphatic rings. The first-order valence-corrected chi connectivity index (χ1v) is 15.4. The number of benzene rings is 4. The molecule has 244 valence electrons. The van der Waals surface area contributed by atoms with Crippen LogP contribution in [0.25, 0.3) is 0 Å². The fraction of sp³-hybridized carbons (Fsp3) is 0.316. The number of amides is 1. The summed E-state index contributed by atoms with van der Waals surface area (Å²) in [6.07, 6.45) is -0.127. The molecule has 0 unspecified atom stereocenters. The Hall–Kier alpha value is -4.98. The molecule has 0 aromatic heterocycles. The minimum absolute atomic E-state index is 0.0359. The van der Waals surface area contributed by atoms with Crippen molar-refractivity contribution in [2.75, 3.05) is 10.6 Å². The van der Waals surface area contributed by atoms with Gasteiger partial charge < -0.3 is 30.9 Å². The highest BCUT2D eigenvalue weighted by atomic mass is 16.5. The maximum Gasteiger partial charge on any atom is 0.341 e. The minimum atomic E-state index is -1.01. The first-order chi connectivity index (χ1) is 21.6. The Balaban J connectivity index is 0.000000250. The van der Waals surface area contributed by atoms with Crippen LogP contribution in [-0.4, -0.2) is 29.2 Å². The molecule has 0 bridgehead atoms. The van der Waals surface area contributed by atoms with Gasteiger partial charge in [0.05, 0.1) is 23.6 Å². The zero-order valence-corrected chi connectivity index (χ0v) is 28.6. The number of carboxylic acids is 1. The van der Waals surface area contributed by atoms with E-state index in [1.807, 2.05) is 74.4 Å². The molecule has 4 rings (SSSR count). The van der Waals surface area contributed by atoms with E-state index in [-0.39, 0.29) is 17.8 Å². The number of primary amides is 1. The number of nitrogens with two attached hydrogens (primary N) is 1. The van der Waals surface area contributed by atoms with Gasteiger partial charge in [-0.2, -0.15) is 0 Å². The molecular formula is C38H47N3O5. The normalized spacial score (nSPS) is 10.7. The summed E-state index contributed by atoms with van der Waals surface area (Å²) < 4.78 is 11.4. The molecule has 4 aromatic rings. The Bertz CT molecular complexity index is 1550. The molecule has 0 saturated carbocycles. The van der Waals surface area contributed by atoms with E-state index < -0.39 is 11.9 Å². The number of rotatable bonds is 10. The second kappa shape index (κ2) is 15.3. The van der Waals surface area contributed by atoms with Crippen LogP contribution in [0.3, 0.4) is 0 Å². The van der Waals surface area contributed by atoms with Crippen molar-refractivity contribution in [1.29, 1.82) is 0 Å². The molecule has 0 spiro atoms. The van der Waals surface area contributed by atoms with Crippen LogP contribution in [0.2, 0.25) is 0 Å². The highest BCUT2D eigenvalue weighted by Crippen LogP contribution is 2.34. The summed E-state index contributed by atoms with van der Waals surface area (Å²) in [6.45, 7) is 19.8. The zero-order chi connectivity index (χ0) is 34.3. The fourth-order valence-electron chi connectivity index (χ4n) is 5.47. The lowest BCUT2D eigenvalue weighted by Gasteiger charge is -2.19. The molecule has 0 heterocycles. The van der Waals surface area contributed by atoms with Gasteiger partial charge in [-0.05, 0) is 116 Å². The maximum atomic E-state index is 11.9. The van der Waals surface area contributed by atoms with Crippen molar-refractivity contribution in [2.45, 2.75) is 81.4 Å². The number of hydrogen-bond acceptors (Lipinski definition) is 6. The van der Waals surface area contributed by atoms with E-state index in [1.54, 1.807) is 24.3 Å². The number of hydrogen-bond donors (Lipinski definition) is 4. The Kier molecular flexibility index (Phi) is 11.8. The van der Waals surface area contributed by atoms with Crippen LogP contribution in [0.5, 0.6) is 11.5 Å². The van der Waals surface area contributed by atoms with Crippen LogP contribution in [0.4, 0.5) is 22.7 Å². The topological polar surface area (TPSA) is 123 Å². The van der Waals surface area contributed by atoms with Crippen LogP contribution in [0, 0.1) is 41.5 Å². The predicted octanol–water partition coefficient (Wildman–Crippen LogP) is 9.08. The largest absolute Gasteiger partial charge is 0.490 e. The van der Waals surface area contributed by atoms with Crippen molar-refractivity contribution in [3.63, 3.8) is 0 Å². The van der Waals surface area contributed by atoms with E-state index in [2.05, 4.69) is 41.8 Å². The average molecular weight is 626 g/mol. The third-order valence-corrected chi connectivity index (χ3v) is 7.11. The van der Waals surface area contributed by atoms with E-state index in [0.717, 1.165) is 33.6 Å². The van der Waals surface area contributed by atoms with Crippen molar-refractivity contribution in [1.82, 2.24) is 0 Å². The highest BCUT2D eigenvalue weighted by Gasteiger charge is 2.19. The van der Waals surface area contributed by atoms with Gasteiger partial charge in [-0.15, -0.1) is 0 Å². The summed E-state index contributed by atoms with van der Waals surface area (Å²) in [5.74, 6) is -0.642. The van der Waals surface area contributed by atoms with E-state index in [4.69, 9.17) is 15.2 Å². The summed E-state index contributed by atoms with van der Waals surface area (Å²) in [5, 5.41) is 16.2. The summed E-state index contributed by atoms with van der Waals surface area (Å²) in [5.41, 5.74) is 16.0. The Morgan fingerprint density at radius 3 is 1.30 bits per heavy atom. The van der Waals surface area contributed by atoms with E-state index >= 15 is 0 Å². The van der Waals surface area contributed by atoms with Crippen LogP contribution in [-0.2, 0) is 0 Å². The molecule has 0 fully saturated rings. The summed E-state index contributed by atoms with van der Waals surface area (Å²) in [7, 11) is 0. The van der Waals surface area contributed by atoms with Gasteiger partial charge in [0.1, 0.15) is 22.6 Å². The molecular weight excluding hydrogens is 578 g/mol. The van der Waals surface area contributed by atoms with E-state index in [1.165, 1.54) is 11.1 Å². The van der Waals surface area contributed by atoms with Gasteiger partial charge in [-0.3, -0.25) is 4.79 Å². The maximum absolute atomic E-state index is 11.9. The number of ether oxygens (including phenoxy) is 2. The second-order valence-corrected chi connectivity index (χ2v) is 12.2. The van der Waals surface area contributed by atoms with Gasteiger partial charge in [0.2, 0.25) is 0 Å². The quantitative estimate of drug-likeness (QED) is 0.139. The van der Waals surface area contributed by atoms with Crippen molar-refractivity contribution in [3.05, 3.63) is 105 Å². The first-order valence-electron chi connectivity index (χ1n) is 15.4. The molecule has 8 nitrogen and oxygen atoms in total.